The quantitative estimate of drug-likeness (QED) is 0.189. The molecule has 1 aliphatic heterocycles. The van der Waals surface area contributed by atoms with E-state index in [0.717, 1.165) is 39.4 Å². The van der Waals surface area contributed by atoms with Gasteiger partial charge in [0, 0.05) is 32.8 Å². The number of aromatic nitrogens is 2. The largest absolute Gasteiger partial charge is 0.330 e. The summed E-state index contributed by atoms with van der Waals surface area (Å²) in [5.74, 6) is 1.43. The van der Waals surface area contributed by atoms with E-state index >= 15 is 0 Å². The minimum absolute atomic E-state index is 0.346. The van der Waals surface area contributed by atoms with E-state index in [1.807, 2.05) is 24.3 Å². The zero-order valence-corrected chi connectivity index (χ0v) is 30.4. The third kappa shape index (κ3) is 5.32. The summed E-state index contributed by atoms with van der Waals surface area (Å²) >= 11 is 0. The van der Waals surface area contributed by atoms with E-state index < -0.39 is 0 Å². The molecule has 1 aliphatic rings. The van der Waals surface area contributed by atoms with Gasteiger partial charge in [-0.25, -0.2) is 4.99 Å². The smallest absolute Gasteiger partial charge is 0.211 e. The summed E-state index contributed by atoms with van der Waals surface area (Å²) in [6.45, 7) is 0. The Kier molecular flexibility index (Phi) is 7.49. The van der Waals surface area contributed by atoms with Crippen LogP contribution in [0.5, 0.6) is 0 Å². The third-order valence-corrected chi connectivity index (χ3v) is 11.0. The molecule has 0 aliphatic carbocycles. The topological polar surface area (TPSA) is 46.6 Å². The molecule has 10 aromatic rings. The van der Waals surface area contributed by atoms with E-state index in [2.05, 4.69) is 190 Å². The molecule has 0 spiro atoms. The lowest BCUT2D eigenvalue weighted by Gasteiger charge is -2.25. The van der Waals surface area contributed by atoms with Crippen LogP contribution in [-0.4, -0.2) is 20.9 Å². The van der Waals surface area contributed by atoms with Gasteiger partial charge in [-0.3, -0.25) is 4.57 Å². The van der Waals surface area contributed by atoms with Gasteiger partial charge in [0.15, 0.2) is 5.84 Å². The van der Waals surface area contributed by atoms with Gasteiger partial charge in [-0.15, -0.1) is 0 Å². The highest BCUT2D eigenvalue weighted by Gasteiger charge is 2.25. The number of para-hydroxylation sites is 3. The Balaban J connectivity index is 1.05. The fourth-order valence-corrected chi connectivity index (χ4v) is 8.34. The van der Waals surface area contributed by atoms with Crippen LogP contribution in [0.25, 0.3) is 71.6 Å². The third-order valence-electron chi connectivity index (χ3n) is 11.0. The monoisotopic (exact) mass is 717 g/mol. The predicted molar refractivity (Wildman–Crippen MR) is 233 cm³/mol. The number of amidine groups is 1. The normalized spacial score (nSPS) is 14.2. The second-order valence-electron chi connectivity index (χ2n) is 14.3. The first-order chi connectivity index (χ1) is 27.8. The van der Waals surface area contributed by atoms with Gasteiger partial charge < -0.3 is 9.88 Å². The number of nitrogens with zero attached hydrogens (tertiary/aromatic N) is 4. The SMILES string of the molecule is c1ccc(C2=NC(c3cccc(-c4ccccc4)c3)NC(n3c4ccccc4c4cc(-c5ccc6c(c5)c5ccccc5n6-c5ccccc5)ccc43)=N2)cc1. The molecule has 8 aromatic carbocycles. The Bertz CT molecular complexity index is 3150. The summed E-state index contributed by atoms with van der Waals surface area (Å²) < 4.78 is 4.62. The molecule has 264 valence electrons. The van der Waals surface area contributed by atoms with Crippen molar-refractivity contribution in [2.75, 3.05) is 0 Å². The minimum Gasteiger partial charge on any atom is -0.330 e. The van der Waals surface area contributed by atoms with Crippen molar-refractivity contribution >= 4 is 55.4 Å². The van der Waals surface area contributed by atoms with Gasteiger partial charge in [0.05, 0.1) is 22.1 Å². The van der Waals surface area contributed by atoms with E-state index in [1.54, 1.807) is 0 Å². The predicted octanol–water partition coefficient (Wildman–Crippen LogP) is 12.2. The van der Waals surface area contributed by atoms with Crippen LogP contribution in [0.4, 0.5) is 0 Å². The molecular weight excluding hydrogens is 683 g/mol. The Morgan fingerprint density at radius 3 is 1.54 bits per heavy atom. The van der Waals surface area contributed by atoms with Crippen molar-refractivity contribution in [3.63, 3.8) is 0 Å². The van der Waals surface area contributed by atoms with Gasteiger partial charge in [-0.05, 0) is 82.4 Å². The lowest BCUT2D eigenvalue weighted by Crippen LogP contribution is -2.37. The fraction of sp³-hybridized carbons (Fsp3) is 0.0196. The van der Waals surface area contributed by atoms with Crippen molar-refractivity contribution in [3.05, 3.63) is 211 Å². The van der Waals surface area contributed by atoms with Gasteiger partial charge in [-0.2, -0.15) is 4.99 Å². The van der Waals surface area contributed by atoms with Crippen LogP contribution < -0.4 is 5.32 Å². The van der Waals surface area contributed by atoms with Crippen LogP contribution in [0.1, 0.15) is 17.3 Å². The molecule has 2 aromatic heterocycles. The second kappa shape index (κ2) is 13.1. The number of nitrogens with one attached hydrogen (secondary N) is 1. The van der Waals surface area contributed by atoms with Crippen molar-refractivity contribution in [2.45, 2.75) is 6.17 Å². The molecule has 0 bridgehead atoms. The molecule has 5 nitrogen and oxygen atoms in total. The molecule has 56 heavy (non-hydrogen) atoms. The molecule has 1 unspecified atom stereocenters. The Morgan fingerprint density at radius 2 is 0.875 bits per heavy atom. The first-order valence-electron chi connectivity index (χ1n) is 19.0. The van der Waals surface area contributed by atoms with Crippen LogP contribution in [0, 0.1) is 0 Å². The van der Waals surface area contributed by atoms with Crippen LogP contribution in [0.3, 0.4) is 0 Å². The molecule has 1 N–H and O–H groups in total. The van der Waals surface area contributed by atoms with E-state index in [4.69, 9.17) is 9.98 Å². The highest BCUT2D eigenvalue weighted by molar-refractivity contribution is 6.18. The lowest BCUT2D eigenvalue weighted by molar-refractivity contribution is 0.662. The van der Waals surface area contributed by atoms with Crippen molar-refractivity contribution in [1.29, 1.82) is 0 Å². The van der Waals surface area contributed by atoms with Crippen molar-refractivity contribution in [3.8, 4) is 27.9 Å². The van der Waals surface area contributed by atoms with Crippen LogP contribution in [0.2, 0.25) is 0 Å². The summed E-state index contributed by atoms with van der Waals surface area (Å²) in [5.41, 5.74) is 12.4. The molecule has 0 fully saturated rings. The standard InChI is InChI=1S/C51H35N5/c1-4-15-34(16-5-1)36-19-14-20-39(31-36)50-52-49(35-17-6-2-7-18-35)53-51(54-50)56-46-26-13-11-24-42(46)44-33-38(28-30-48(44)56)37-27-29-47-43(32-37)41-23-10-12-25-45(41)55(47)40-21-8-3-9-22-40/h1-33,50H,(H,52,53,54). The average molecular weight is 718 g/mol. The number of benzene rings is 8. The van der Waals surface area contributed by atoms with Crippen molar-refractivity contribution < 1.29 is 0 Å². The first-order valence-corrected chi connectivity index (χ1v) is 19.0. The highest BCUT2D eigenvalue weighted by atomic mass is 15.3. The maximum atomic E-state index is 5.24. The van der Waals surface area contributed by atoms with Gasteiger partial charge in [0.2, 0.25) is 5.96 Å². The molecular formula is C51H35N5. The van der Waals surface area contributed by atoms with Gasteiger partial charge in [0.25, 0.3) is 0 Å². The Labute approximate surface area is 324 Å². The van der Waals surface area contributed by atoms with E-state index in [9.17, 15) is 0 Å². The maximum Gasteiger partial charge on any atom is 0.211 e. The summed E-state index contributed by atoms with van der Waals surface area (Å²) in [6.07, 6.45) is -0.346. The zero-order valence-electron chi connectivity index (χ0n) is 30.4. The molecule has 1 atom stereocenters. The number of hydrogen-bond acceptors (Lipinski definition) is 3. The van der Waals surface area contributed by atoms with E-state index in [1.165, 1.54) is 49.3 Å². The second-order valence-corrected chi connectivity index (χ2v) is 14.3. The maximum absolute atomic E-state index is 5.24. The van der Waals surface area contributed by atoms with Crippen LogP contribution in [-0.2, 0) is 0 Å². The number of hydrogen-bond donors (Lipinski definition) is 1. The number of aliphatic imine (C=N–C) groups is 2. The molecule has 0 amide bonds. The molecule has 0 saturated carbocycles. The molecule has 0 saturated heterocycles. The molecule has 5 heteroatoms. The van der Waals surface area contributed by atoms with Gasteiger partial charge in [-0.1, -0.05) is 146 Å². The number of fused-ring (bicyclic) bond motifs is 6. The Morgan fingerprint density at radius 1 is 0.375 bits per heavy atom. The summed E-state index contributed by atoms with van der Waals surface area (Å²) in [6, 6.07) is 71.0. The fourth-order valence-electron chi connectivity index (χ4n) is 8.34. The van der Waals surface area contributed by atoms with Crippen LogP contribution in [0.15, 0.2) is 210 Å². The lowest BCUT2D eigenvalue weighted by atomic mass is 10.0. The van der Waals surface area contributed by atoms with Gasteiger partial charge >= 0.3 is 0 Å². The summed E-state index contributed by atoms with van der Waals surface area (Å²) in [4.78, 5) is 10.4. The van der Waals surface area contributed by atoms with Crippen molar-refractivity contribution in [2.24, 2.45) is 9.98 Å². The van der Waals surface area contributed by atoms with Crippen molar-refractivity contribution in [1.82, 2.24) is 14.5 Å². The molecule has 0 radical (unpaired) electrons. The summed E-state index contributed by atoms with van der Waals surface area (Å²) in [5, 5.41) is 8.57. The Hall–Kier alpha value is -7.50. The van der Waals surface area contributed by atoms with Crippen LogP contribution >= 0.6 is 0 Å². The van der Waals surface area contributed by atoms with E-state index in [-0.39, 0.29) is 6.17 Å². The molecule has 11 rings (SSSR count). The van der Waals surface area contributed by atoms with E-state index in [0.29, 0.717) is 5.84 Å². The zero-order chi connectivity index (χ0) is 37.0. The highest BCUT2D eigenvalue weighted by Crippen LogP contribution is 2.38. The summed E-state index contributed by atoms with van der Waals surface area (Å²) in [7, 11) is 0. The molecule has 3 heterocycles. The number of rotatable bonds is 5. The minimum atomic E-state index is -0.346. The van der Waals surface area contributed by atoms with Gasteiger partial charge in [0.1, 0.15) is 6.17 Å². The first kappa shape index (κ1) is 32.0. The average Bonchev–Trinajstić information content (AvgIpc) is 3.79.